The number of nitrogens with one attached hydrogen (secondary N) is 2. The average Bonchev–Trinajstić information content (AvgIpc) is 3.31. The van der Waals surface area contributed by atoms with E-state index < -0.39 is 24.1 Å². The number of hydrogen-bond acceptors (Lipinski definition) is 7. The largest absolute Gasteiger partial charge is 0.392 e. The van der Waals surface area contributed by atoms with Crippen molar-refractivity contribution < 1.29 is 18.7 Å². The molecular weight excluding hydrogens is 480 g/mol. The number of aliphatic hydroxyl groups is 1. The fourth-order valence-corrected chi connectivity index (χ4v) is 5.19. The SMILES string of the molecule is C[C@@H]1C[C@@H](NN)C[C@H](c2ccncc2NC(=O)c2ccn3ncc(-c4c(F)cc(CO)cc4F)c3n2)C1. The summed E-state index contributed by atoms with van der Waals surface area (Å²) in [5.74, 6) is 4.17. The highest BCUT2D eigenvalue weighted by molar-refractivity contribution is 6.03. The average molecular weight is 508 g/mol. The van der Waals surface area contributed by atoms with E-state index in [1.54, 1.807) is 12.4 Å². The summed E-state index contributed by atoms with van der Waals surface area (Å²) in [6.07, 6.45) is 8.88. The van der Waals surface area contributed by atoms with Gasteiger partial charge in [-0.1, -0.05) is 6.92 Å². The summed E-state index contributed by atoms with van der Waals surface area (Å²) in [6.45, 7) is 1.69. The number of carbonyl (C=O) groups is 1. The van der Waals surface area contributed by atoms with Crippen LogP contribution >= 0.6 is 0 Å². The smallest absolute Gasteiger partial charge is 0.274 e. The summed E-state index contributed by atoms with van der Waals surface area (Å²) < 4.78 is 30.8. The molecular formula is C26H27F2N7O2. The van der Waals surface area contributed by atoms with Crippen LogP contribution < -0.4 is 16.6 Å². The summed E-state index contributed by atoms with van der Waals surface area (Å²) >= 11 is 0. The molecule has 9 nitrogen and oxygen atoms in total. The second kappa shape index (κ2) is 10.3. The molecule has 0 radical (unpaired) electrons. The number of amides is 1. The minimum Gasteiger partial charge on any atom is -0.392 e. The first-order valence-corrected chi connectivity index (χ1v) is 12.0. The number of hydrogen-bond donors (Lipinski definition) is 4. The third-order valence-corrected chi connectivity index (χ3v) is 6.88. The molecule has 0 bridgehead atoms. The summed E-state index contributed by atoms with van der Waals surface area (Å²) in [6, 6.07) is 5.67. The van der Waals surface area contributed by atoms with Crippen molar-refractivity contribution in [3.05, 3.63) is 77.5 Å². The molecule has 1 aliphatic carbocycles. The molecule has 4 aromatic rings. The minimum absolute atomic E-state index is 0.0513. The molecule has 1 aliphatic rings. The molecule has 0 aliphatic heterocycles. The Bertz CT molecular complexity index is 1440. The third kappa shape index (κ3) is 4.93. The number of aromatic nitrogens is 4. The van der Waals surface area contributed by atoms with E-state index in [0.29, 0.717) is 11.6 Å². The zero-order valence-corrected chi connectivity index (χ0v) is 20.2. The molecule has 1 saturated carbocycles. The zero-order chi connectivity index (χ0) is 26.1. The first kappa shape index (κ1) is 24.9. The van der Waals surface area contributed by atoms with Crippen molar-refractivity contribution in [3.8, 4) is 11.1 Å². The minimum atomic E-state index is -0.859. The van der Waals surface area contributed by atoms with Crippen molar-refractivity contribution in [2.45, 2.75) is 44.8 Å². The topological polar surface area (TPSA) is 130 Å². The lowest BCUT2D eigenvalue weighted by molar-refractivity contribution is 0.102. The van der Waals surface area contributed by atoms with Gasteiger partial charge < -0.3 is 10.4 Å². The molecule has 3 heterocycles. The number of pyridine rings is 1. The van der Waals surface area contributed by atoms with Gasteiger partial charge in [0.05, 0.1) is 35.8 Å². The number of halogens is 2. The van der Waals surface area contributed by atoms with Crippen molar-refractivity contribution in [2.75, 3.05) is 5.32 Å². The third-order valence-electron chi connectivity index (χ3n) is 6.88. The summed E-state index contributed by atoms with van der Waals surface area (Å²) in [4.78, 5) is 21.8. The van der Waals surface area contributed by atoms with E-state index >= 15 is 0 Å². The van der Waals surface area contributed by atoms with E-state index in [1.165, 1.54) is 23.0 Å². The van der Waals surface area contributed by atoms with Crippen molar-refractivity contribution in [2.24, 2.45) is 11.8 Å². The van der Waals surface area contributed by atoms with Gasteiger partial charge in [0.15, 0.2) is 5.65 Å². The van der Waals surface area contributed by atoms with Gasteiger partial charge in [0.25, 0.3) is 5.91 Å². The van der Waals surface area contributed by atoms with Crippen LogP contribution in [-0.4, -0.2) is 36.6 Å². The molecule has 3 aromatic heterocycles. The van der Waals surface area contributed by atoms with E-state index in [4.69, 9.17) is 5.84 Å². The number of anilines is 1. The molecule has 1 aromatic carbocycles. The van der Waals surface area contributed by atoms with Crippen LogP contribution in [0.15, 0.2) is 49.1 Å². The predicted molar refractivity (Wildman–Crippen MR) is 133 cm³/mol. The predicted octanol–water partition coefficient (Wildman–Crippen LogP) is 3.55. The van der Waals surface area contributed by atoms with Gasteiger partial charge in [0, 0.05) is 18.4 Å². The van der Waals surface area contributed by atoms with Crippen LogP contribution in [0.2, 0.25) is 0 Å². The molecule has 1 fully saturated rings. The van der Waals surface area contributed by atoms with E-state index in [9.17, 15) is 18.7 Å². The number of aliphatic hydroxyl groups excluding tert-OH is 1. The number of fused-ring (bicyclic) bond motifs is 1. The van der Waals surface area contributed by atoms with Gasteiger partial charge in [0.2, 0.25) is 0 Å². The Morgan fingerprint density at radius 2 is 1.97 bits per heavy atom. The number of rotatable bonds is 6. The Labute approximate surface area is 211 Å². The molecule has 5 rings (SSSR count). The molecule has 37 heavy (non-hydrogen) atoms. The normalized spacial score (nSPS) is 19.8. The molecule has 0 unspecified atom stereocenters. The Morgan fingerprint density at radius 3 is 2.70 bits per heavy atom. The van der Waals surface area contributed by atoms with Crippen molar-refractivity contribution in [1.29, 1.82) is 0 Å². The number of nitrogens with two attached hydrogens (primary N) is 1. The fraction of sp³-hybridized carbons (Fsp3) is 0.308. The van der Waals surface area contributed by atoms with E-state index in [-0.39, 0.29) is 40.0 Å². The Hall–Kier alpha value is -3.80. The molecule has 1 amide bonds. The number of hydrazine groups is 1. The summed E-state index contributed by atoms with van der Waals surface area (Å²) in [5.41, 5.74) is 4.46. The van der Waals surface area contributed by atoms with Gasteiger partial charge in [-0.15, -0.1) is 0 Å². The van der Waals surface area contributed by atoms with Crippen molar-refractivity contribution in [3.63, 3.8) is 0 Å². The molecule has 0 spiro atoms. The van der Waals surface area contributed by atoms with Gasteiger partial charge >= 0.3 is 0 Å². The van der Waals surface area contributed by atoms with Gasteiger partial charge in [-0.3, -0.25) is 21.0 Å². The van der Waals surface area contributed by atoms with Crippen LogP contribution in [-0.2, 0) is 6.61 Å². The highest BCUT2D eigenvalue weighted by atomic mass is 19.1. The number of benzene rings is 1. The van der Waals surface area contributed by atoms with Gasteiger partial charge in [-0.05, 0) is 66.5 Å². The fourth-order valence-electron chi connectivity index (χ4n) is 5.19. The maximum absolute atomic E-state index is 14.7. The van der Waals surface area contributed by atoms with Crippen LogP contribution in [0.4, 0.5) is 14.5 Å². The monoisotopic (exact) mass is 507 g/mol. The first-order valence-electron chi connectivity index (χ1n) is 12.0. The van der Waals surface area contributed by atoms with Gasteiger partial charge in [-0.2, -0.15) is 5.10 Å². The van der Waals surface area contributed by atoms with Crippen LogP contribution in [0, 0.1) is 17.6 Å². The van der Waals surface area contributed by atoms with Gasteiger partial charge in [-0.25, -0.2) is 18.3 Å². The maximum Gasteiger partial charge on any atom is 0.274 e. The van der Waals surface area contributed by atoms with E-state index in [0.717, 1.165) is 37.0 Å². The highest BCUT2D eigenvalue weighted by Gasteiger charge is 2.29. The van der Waals surface area contributed by atoms with E-state index in [1.807, 2.05) is 6.07 Å². The maximum atomic E-state index is 14.7. The molecule has 5 N–H and O–H groups in total. The van der Waals surface area contributed by atoms with E-state index in [2.05, 4.69) is 32.7 Å². The second-order valence-electron chi connectivity index (χ2n) is 9.52. The number of nitrogens with zero attached hydrogens (tertiary/aromatic N) is 4. The Balaban J connectivity index is 1.46. The lowest BCUT2D eigenvalue weighted by Crippen LogP contribution is -2.40. The van der Waals surface area contributed by atoms with Crippen molar-refractivity contribution in [1.82, 2.24) is 25.0 Å². The van der Waals surface area contributed by atoms with Gasteiger partial charge in [0.1, 0.15) is 17.3 Å². The van der Waals surface area contributed by atoms with Crippen LogP contribution in [0.25, 0.3) is 16.8 Å². The summed E-state index contributed by atoms with van der Waals surface area (Å²) in [5, 5.41) is 16.2. The first-order chi connectivity index (χ1) is 17.9. The molecule has 0 saturated heterocycles. The lowest BCUT2D eigenvalue weighted by atomic mass is 9.76. The lowest BCUT2D eigenvalue weighted by Gasteiger charge is -2.34. The van der Waals surface area contributed by atoms with Crippen LogP contribution in [0.1, 0.15) is 53.7 Å². The zero-order valence-electron chi connectivity index (χ0n) is 20.2. The Morgan fingerprint density at radius 1 is 1.19 bits per heavy atom. The highest BCUT2D eigenvalue weighted by Crippen LogP contribution is 2.39. The molecule has 11 heteroatoms. The molecule has 3 atom stereocenters. The second-order valence-corrected chi connectivity index (χ2v) is 9.52. The standard InChI is InChI=1S/C26H27F2N7O2/c1-14-6-16(10-17(7-14)34-29)18-2-4-30-12-23(18)33-26(37)22-3-5-35-25(32-22)19(11-31-35)24-20(27)8-15(13-36)9-21(24)28/h2-5,8-9,11-12,14,16-17,34,36H,6-7,10,13,29H2,1H3,(H,33,37)/t14-,16+,17+/m0/s1. The quantitative estimate of drug-likeness (QED) is 0.232. The van der Waals surface area contributed by atoms with Crippen LogP contribution in [0.5, 0.6) is 0 Å². The molecule has 192 valence electrons. The van der Waals surface area contributed by atoms with Crippen LogP contribution in [0.3, 0.4) is 0 Å². The summed E-state index contributed by atoms with van der Waals surface area (Å²) in [7, 11) is 0. The van der Waals surface area contributed by atoms with Crippen molar-refractivity contribution >= 4 is 17.2 Å². The Kier molecular flexibility index (Phi) is 6.92. The number of carbonyl (C=O) groups excluding carboxylic acids is 1.